The number of ether oxygens (including phenoxy) is 1. The van der Waals surface area contributed by atoms with Gasteiger partial charge >= 0.3 is 6.09 Å². The van der Waals surface area contributed by atoms with Gasteiger partial charge in [-0.1, -0.05) is 13.3 Å². The van der Waals surface area contributed by atoms with Gasteiger partial charge in [0.25, 0.3) is 0 Å². The third-order valence-electron chi connectivity index (χ3n) is 3.18. The predicted molar refractivity (Wildman–Crippen MR) is 78.3 cm³/mol. The molecule has 0 heterocycles. The van der Waals surface area contributed by atoms with Crippen molar-refractivity contribution in [1.82, 2.24) is 10.2 Å². The zero-order valence-corrected chi connectivity index (χ0v) is 13.2. The fraction of sp³-hybridized carbons (Fsp3) is 0.933. The van der Waals surface area contributed by atoms with Crippen molar-refractivity contribution in [3.63, 3.8) is 0 Å². The molecule has 1 N–H and O–H groups in total. The summed E-state index contributed by atoms with van der Waals surface area (Å²) in [6.07, 6.45) is 4.43. The van der Waals surface area contributed by atoms with Gasteiger partial charge in [0.05, 0.1) is 0 Å². The Morgan fingerprint density at radius 3 is 2.53 bits per heavy atom. The molecule has 1 aliphatic rings. The quantitative estimate of drug-likeness (QED) is 0.772. The van der Waals surface area contributed by atoms with Gasteiger partial charge in [0, 0.05) is 25.2 Å². The van der Waals surface area contributed by atoms with E-state index in [1.165, 1.54) is 12.8 Å². The van der Waals surface area contributed by atoms with Gasteiger partial charge in [-0.2, -0.15) is 0 Å². The van der Waals surface area contributed by atoms with Crippen molar-refractivity contribution in [1.29, 1.82) is 0 Å². The molecule has 0 spiro atoms. The van der Waals surface area contributed by atoms with Crippen LogP contribution in [-0.2, 0) is 4.74 Å². The normalized spacial score (nSPS) is 17.1. The molecule has 4 heteroatoms. The van der Waals surface area contributed by atoms with Crippen molar-refractivity contribution in [2.24, 2.45) is 0 Å². The highest BCUT2D eigenvalue weighted by Crippen LogP contribution is 2.28. The van der Waals surface area contributed by atoms with Crippen molar-refractivity contribution in [3.05, 3.63) is 0 Å². The summed E-state index contributed by atoms with van der Waals surface area (Å²) in [5, 5.41) is 3.46. The van der Waals surface area contributed by atoms with Crippen molar-refractivity contribution in [2.45, 2.75) is 78.0 Å². The molecular formula is C15H30N2O2. The van der Waals surface area contributed by atoms with Crippen molar-refractivity contribution < 1.29 is 9.53 Å². The van der Waals surface area contributed by atoms with Gasteiger partial charge < -0.3 is 15.0 Å². The molecule has 19 heavy (non-hydrogen) atoms. The van der Waals surface area contributed by atoms with Crippen LogP contribution in [0.4, 0.5) is 4.79 Å². The summed E-state index contributed by atoms with van der Waals surface area (Å²) in [6, 6.07) is 0.919. The molecule has 1 saturated carbocycles. The van der Waals surface area contributed by atoms with Gasteiger partial charge in [-0.15, -0.1) is 0 Å². The molecule has 1 fully saturated rings. The fourth-order valence-electron chi connectivity index (χ4n) is 2.10. The Bertz CT molecular complexity index is 282. The monoisotopic (exact) mass is 270 g/mol. The Kier molecular flexibility index (Phi) is 6.11. The molecule has 1 aliphatic carbocycles. The van der Waals surface area contributed by atoms with Crippen LogP contribution >= 0.6 is 0 Å². The topological polar surface area (TPSA) is 41.6 Å². The summed E-state index contributed by atoms with van der Waals surface area (Å²) < 4.78 is 5.47. The van der Waals surface area contributed by atoms with Crippen LogP contribution in [-0.4, -0.2) is 41.8 Å². The van der Waals surface area contributed by atoms with Crippen molar-refractivity contribution in [2.75, 3.05) is 13.1 Å². The molecule has 0 saturated heterocycles. The maximum absolute atomic E-state index is 12.1. The first-order valence-electron chi connectivity index (χ1n) is 7.56. The first kappa shape index (κ1) is 16.3. The van der Waals surface area contributed by atoms with Crippen molar-refractivity contribution >= 4 is 6.09 Å². The molecule has 0 aromatic rings. The summed E-state index contributed by atoms with van der Waals surface area (Å²) in [6.45, 7) is 11.7. The maximum atomic E-state index is 12.1. The van der Waals surface area contributed by atoms with E-state index in [1.807, 2.05) is 25.7 Å². The summed E-state index contributed by atoms with van der Waals surface area (Å²) in [5.41, 5.74) is -0.410. The Hall–Kier alpha value is -0.770. The Balaban J connectivity index is 2.35. The average Bonchev–Trinajstić information content (AvgIpc) is 3.05. The van der Waals surface area contributed by atoms with Gasteiger partial charge in [0.15, 0.2) is 0 Å². The van der Waals surface area contributed by atoms with E-state index in [9.17, 15) is 4.79 Å². The van der Waals surface area contributed by atoms with Crippen LogP contribution in [0.3, 0.4) is 0 Å². The van der Waals surface area contributed by atoms with Crippen LogP contribution in [0.25, 0.3) is 0 Å². The van der Waals surface area contributed by atoms with Gasteiger partial charge in [-0.05, 0) is 47.0 Å². The van der Waals surface area contributed by atoms with Gasteiger partial charge in [-0.25, -0.2) is 4.79 Å². The van der Waals surface area contributed by atoms with E-state index in [0.717, 1.165) is 25.9 Å². The molecule has 1 unspecified atom stereocenters. The van der Waals surface area contributed by atoms with Gasteiger partial charge in [-0.3, -0.25) is 0 Å². The van der Waals surface area contributed by atoms with Crippen LogP contribution in [0.15, 0.2) is 0 Å². The molecule has 0 radical (unpaired) electrons. The molecule has 0 aliphatic heterocycles. The molecule has 4 nitrogen and oxygen atoms in total. The lowest BCUT2D eigenvalue weighted by Gasteiger charge is -2.28. The molecule has 112 valence electrons. The van der Waals surface area contributed by atoms with Crippen LogP contribution in [0.2, 0.25) is 0 Å². The van der Waals surface area contributed by atoms with E-state index in [-0.39, 0.29) is 6.09 Å². The largest absolute Gasteiger partial charge is 0.444 e. The first-order chi connectivity index (χ1) is 8.83. The summed E-state index contributed by atoms with van der Waals surface area (Å²) in [5.74, 6) is 0. The maximum Gasteiger partial charge on any atom is 0.410 e. The second-order valence-corrected chi connectivity index (χ2v) is 6.55. The van der Waals surface area contributed by atoms with Gasteiger partial charge in [0.2, 0.25) is 0 Å². The van der Waals surface area contributed by atoms with Crippen LogP contribution < -0.4 is 5.32 Å². The molecule has 1 amide bonds. The lowest BCUT2D eigenvalue weighted by molar-refractivity contribution is 0.0234. The highest BCUT2D eigenvalue weighted by atomic mass is 16.6. The van der Waals surface area contributed by atoms with Crippen LogP contribution in [0.1, 0.15) is 60.3 Å². The van der Waals surface area contributed by atoms with E-state index in [1.54, 1.807) is 0 Å². The second kappa shape index (κ2) is 7.13. The number of nitrogens with one attached hydrogen (secondary N) is 1. The molecule has 0 aromatic heterocycles. The number of rotatable bonds is 7. The SMILES string of the molecule is CCCC(C)NCCN(C(=O)OC(C)(C)C)C1CC1. The van der Waals surface area contributed by atoms with E-state index >= 15 is 0 Å². The van der Waals surface area contributed by atoms with Crippen LogP contribution in [0.5, 0.6) is 0 Å². The number of hydrogen-bond acceptors (Lipinski definition) is 3. The third kappa shape index (κ3) is 6.81. The number of nitrogens with zero attached hydrogens (tertiary/aromatic N) is 1. The van der Waals surface area contributed by atoms with E-state index in [4.69, 9.17) is 4.74 Å². The zero-order valence-electron chi connectivity index (χ0n) is 13.2. The molecule has 0 aromatic carbocycles. The highest BCUT2D eigenvalue weighted by molar-refractivity contribution is 5.69. The summed E-state index contributed by atoms with van der Waals surface area (Å²) >= 11 is 0. The minimum Gasteiger partial charge on any atom is -0.444 e. The lowest BCUT2D eigenvalue weighted by Crippen LogP contribution is -2.43. The second-order valence-electron chi connectivity index (χ2n) is 6.55. The molecular weight excluding hydrogens is 240 g/mol. The number of amides is 1. The first-order valence-corrected chi connectivity index (χ1v) is 7.56. The Morgan fingerprint density at radius 2 is 2.05 bits per heavy atom. The van der Waals surface area contributed by atoms with E-state index < -0.39 is 5.60 Å². The number of carbonyl (C=O) groups is 1. The highest BCUT2D eigenvalue weighted by Gasteiger charge is 2.34. The average molecular weight is 270 g/mol. The van der Waals surface area contributed by atoms with Crippen LogP contribution in [0, 0.1) is 0 Å². The third-order valence-corrected chi connectivity index (χ3v) is 3.18. The molecule has 0 bridgehead atoms. The van der Waals surface area contributed by atoms with E-state index in [2.05, 4.69) is 19.2 Å². The standard InChI is InChI=1S/C15H30N2O2/c1-6-7-12(2)16-10-11-17(13-8-9-13)14(18)19-15(3,4)5/h12-13,16H,6-11H2,1-5H3. The van der Waals surface area contributed by atoms with Crippen molar-refractivity contribution in [3.8, 4) is 0 Å². The molecule has 1 atom stereocenters. The summed E-state index contributed by atoms with van der Waals surface area (Å²) in [4.78, 5) is 14.0. The lowest BCUT2D eigenvalue weighted by atomic mass is 10.2. The fourth-order valence-corrected chi connectivity index (χ4v) is 2.10. The number of carbonyl (C=O) groups excluding carboxylic acids is 1. The zero-order chi connectivity index (χ0) is 14.5. The predicted octanol–water partition coefficient (Wildman–Crippen LogP) is 3.16. The van der Waals surface area contributed by atoms with Gasteiger partial charge in [0.1, 0.15) is 5.60 Å². The van der Waals surface area contributed by atoms with E-state index in [0.29, 0.717) is 12.1 Å². The minimum atomic E-state index is -0.410. The minimum absolute atomic E-state index is 0.167. The Labute approximate surface area is 117 Å². The molecule has 1 rings (SSSR count). The Morgan fingerprint density at radius 1 is 1.42 bits per heavy atom. The number of hydrogen-bond donors (Lipinski definition) is 1. The smallest absolute Gasteiger partial charge is 0.410 e. The summed E-state index contributed by atoms with van der Waals surface area (Å²) in [7, 11) is 0.